The van der Waals surface area contributed by atoms with E-state index in [0.29, 0.717) is 6.54 Å². The topological polar surface area (TPSA) is 35.2 Å². The number of ether oxygens (including phenoxy) is 1. The Labute approximate surface area is 77.5 Å². The number of hydrogen-bond donors (Lipinski definition) is 1. The van der Waals surface area contributed by atoms with Crippen LogP contribution in [0.5, 0.6) is 5.75 Å². The predicted molar refractivity (Wildman–Crippen MR) is 50.4 cm³/mol. The molecular formula is C10H14FNO. The number of halogens is 1. The first-order valence-corrected chi connectivity index (χ1v) is 4.22. The van der Waals surface area contributed by atoms with E-state index >= 15 is 0 Å². The number of rotatable bonds is 3. The van der Waals surface area contributed by atoms with Gasteiger partial charge in [-0.2, -0.15) is 0 Å². The number of methoxy groups -OCH3 is 1. The average Bonchev–Trinajstić information content (AvgIpc) is 2.10. The van der Waals surface area contributed by atoms with E-state index in [1.807, 2.05) is 6.92 Å². The summed E-state index contributed by atoms with van der Waals surface area (Å²) >= 11 is 0. The summed E-state index contributed by atoms with van der Waals surface area (Å²) in [5, 5.41) is 0. The summed E-state index contributed by atoms with van der Waals surface area (Å²) in [7, 11) is 1.46. The second kappa shape index (κ2) is 4.23. The fourth-order valence-corrected chi connectivity index (χ4v) is 1.28. The Kier molecular flexibility index (Phi) is 3.25. The summed E-state index contributed by atoms with van der Waals surface area (Å²) in [5.74, 6) is -0.0326. The average molecular weight is 183 g/mol. The Hall–Kier alpha value is -1.09. The van der Waals surface area contributed by atoms with Gasteiger partial charge >= 0.3 is 0 Å². The summed E-state index contributed by atoms with van der Waals surface area (Å²) < 4.78 is 18.0. The molecule has 0 aliphatic heterocycles. The summed E-state index contributed by atoms with van der Waals surface area (Å²) in [5.41, 5.74) is 7.39. The molecule has 1 rings (SSSR count). The zero-order valence-electron chi connectivity index (χ0n) is 7.93. The van der Waals surface area contributed by atoms with Crippen LogP contribution in [0.2, 0.25) is 0 Å². The van der Waals surface area contributed by atoms with E-state index in [0.717, 1.165) is 17.5 Å². The monoisotopic (exact) mass is 183 g/mol. The van der Waals surface area contributed by atoms with Crippen LogP contribution in [0.15, 0.2) is 12.1 Å². The van der Waals surface area contributed by atoms with Crippen LogP contribution in [0.1, 0.15) is 11.1 Å². The van der Waals surface area contributed by atoms with E-state index in [4.69, 9.17) is 10.5 Å². The first kappa shape index (κ1) is 9.99. The first-order chi connectivity index (χ1) is 6.19. The van der Waals surface area contributed by atoms with Gasteiger partial charge in [-0.15, -0.1) is 0 Å². The molecule has 0 bridgehead atoms. The van der Waals surface area contributed by atoms with E-state index in [2.05, 4.69) is 0 Å². The molecule has 0 radical (unpaired) electrons. The lowest BCUT2D eigenvalue weighted by Gasteiger charge is -2.08. The molecule has 3 heteroatoms. The highest BCUT2D eigenvalue weighted by molar-refractivity contribution is 5.36. The SMILES string of the molecule is COc1cc(CCN)c(C)cc1F. The van der Waals surface area contributed by atoms with Gasteiger partial charge in [0.05, 0.1) is 7.11 Å². The molecule has 0 atom stereocenters. The Morgan fingerprint density at radius 3 is 2.69 bits per heavy atom. The molecule has 0 aliphatic rings. The summed E-state index contributed by atoms with van der Waals surface area (Å²) in [4.78, 5) is 0. The zero-order valence-corrected chi connectivity index (χ0v) is 7.93. The number of aryl methyl sites for hydroxylation is 1. The van der Waals surface area contributed by atoms with Gasteiger partial charge in [-0.05, 0) is 43.1 Å². The molecule has 1 aromatic rings. The molecular weight excluding hydrogens is 169 g/mol. The van der Waals surface area contributed by atoms with E-state index in [-0.39, 0.29) is 11.6 Å². The van der Waals surface area contributed by atoms with Crippen molar-refractivity contribution in [1.29, 1.82) is 0 Å². The highest BCUT2D eigenvalue weighted by Crippen LogP contribution is 2.21. The van der Waals surface area contributed by atoms with E-state index < -0.39 is 0 Å². The van der Waals surface area contributed by atoms with Crippen molar-refractivity contribution in [2.45, 2.75) is 13.3 Å². The Bertz CT molecular complexity index is 299. The molecule has 0 heterocycles. The smallest absolute Gasteiger partial charge is 0.165 e. The standard InChI is InChI=1S/C10H14FNO/c1-7-5-9(11)10(13-2)6-8(7)3-4-12/h5-6H,3-4,12H2,1-2H3. The van der Waals surface area contributed by atoms with Crippen LogP contribution in [-0.2, 0) is 6.42 Å². The van der Waals surface area contributed by atoms with Crippen molar-refractivity contribution in [3.63, 3.8) is 0 Å². The Morgan fingerprint density at radius 1 is 1.46 bits per heavy atom. The van der Waals surface area contributed by atoms with Crippen molar-refractivity contribution < 1.29 is 9.13 Å². The maximum atomic E-state index is 13.1. The summed E-state index contributed by atoms with van der Waals surface area (Å²) in [6.07, 6.45) is 0.752. The van der Waals surface area contributed by atoms with E-state index in [1.165, 1.54) is 13.2 Å². The normalized spacial score (nSPS) is 10.2. The van der Waals surface area contributed by atoms with E-state index in [1.54, 1.807) is 6.07 Å². The third-order valence-electron chi connectivity index (χ3n) is 2.02. The third kappa shape index (κ3) is 2.18. The minimum Gasteiger partial charge on any atom is -0.494 e. The van der Waals surface area contributed by atoms with Crippen LogP contribution >= 0.6 is 0 Å². The molecule has 0 spiro atoms. The van der Waals surface area contributed by atoms with E-state index in [9.17, 15) is 4.39 Å². The first-order valence-electron chi connectivity index (χ1n) is 4.22. The molecule has 0 fully saturated rings. The molecule has 0 aromatic heterocycles. The van der Waals surface area contributed by atoms with Crippen LogP contribution in [0, 0.1) is 12.7 Å². The highest BCUT2D eigenvalue weighted by atomic mass is 19.1. The van der Waals surface area contributed by atoms with Gasteiger partial charge in [-0.25, -0.2) is 4.39 Å². The fraction of sp³-hybridized carbons (Fsp3) is 0.400. The highest BCUT2D eigenvalue weighted by Gasteiger charge is 2.06. The van der Waals surface area contributed by atoms with Crippen molar-refractivity contribution in [2.75, 3.05) is 13.7 Å². The van der Waals surface area contributed by atoms with Gasteiger partial charge in [0.15, 0.2) is 11.6 Å². The maximum Gasteiger partial charge on any atom is 0.165 e. The van der Waals surface area contributed by atoms with Gasteiger partial charge in [0.2, 0.25) is 0 Å². The second-order valence-corrected chi connectivity index (χ2v) is 2.95. The van der Waals surface area contributed by atoms with Gasteiger partial charge in [-0.3, -0.25) is 0 Å². The second-order valence-electron chi connectivity index (χ2n) is 2.95. The lowest BCUT2D eigenvalue weighted by atomic mass is 10.1. The molecule has 0 aliphatic carbocycles. The van der Waals surface area contributed by atoms with Gasteiger partial charge in [0, 0.05) is 0 Å². The molecule has 0 saturated heterocycles. The molecule has 2 nitrogen and oxygen atoms in total. The third-order valence-corrected chi connectivity index (χ3v) is 2.02. The molecule has 0 unspecified atom stereocenters. The van der Waals surface area contributed by atoms with Gasteiger partial charge < -0.3 is 10.5 Å². The maximum absolute atomic E-state index is 13.1. The van der Waals surface area contributed by atoms with Crippen molar-refractivity contribution in [3.05, 3.63) is 29.1 Å². The van der Waals surface area contributed by atoms with Crippen LogP contribution in [0.25, 0.3) is 0 Å². The predicted octanol–water partition coefficient (Wildman–Crippen LogP) is 1.64. The van der Waals surface area contributed by atoms with Crippen molar-refractivity contribution in [1.82, 2.24) is 0 Å². The van der Waals surface area contributed by atoms with Gasteiger partial charge in [-0.1, -0.05) is 0 Å². The molecule has 72 valence electrons. The van der Waals surface area contributed by atoms with Crippen molar-refractivity contribution in [2.24, 2.45) is 5.73 Å². The molecule has 13 heavy (non-hydrogen) atoms. The van der Waals surface area contributed by atoms with Crippen LogP contribution < -0.4 is 10.5 Å². The minimum absolute atomic E-state index is 0.286. The van der Waals surface area contributed by atoms with Crippen molar-refractivity contribution in [3.8, 4) is 5.75 Å². The lowest BCUT2D eigenvalue weighted by Crippen LogP contribution is -2.05. The van der Waals surface area contributed by atoms with Crippen LogP contribution in [-0.4, -0.2) is 13.7 Å². The van der Waals surface area contributed by atoms with Gasteiger partial charge in [0.25, 0.3) is 0 Å². The number of hydrogen-bond acceptors (Lipinski definition) is 2. The fourth-order valence-electron chi connectivity index (χ4n) is 1.28. The minimum atomic E-state index is -0.319. The largest absolute Gasteiger partial charge is 0.494 e. The Balaban J connectivity index is 3.06. The zero-order chi connectivity index (χ0) is 9.84. The quantitative estimate of drug-likeness (QED) is 0.773. The molecule has 2 N–H and O–H groups in total. The lowest BCUT2D eigenvalue weighted by molar-refractivity contribution is 0.385. The molecule has 1 aromatic carbocycles. The molecule has 0 saturated carbocycles. The molecule has 0 amide bonds. The number of nitrogens with two attached hydrogens (primary N) is 1. The van der Waals surface area contributed by atoms with Gasteiger partial charge in [0.1, 0.15) is 0 Å². The summed E-state index contributed by atoms with van der Waals surface area (Å²) in [6.45, 7) is 2.43. The van der Waals surface area contributed by atoms with Crippen molar-refractivity contribution >= 4 is 0 Å². The summed E-state index contributed by atoms with van der Waals surface area (Å²) in [6, 6.07) is 3.18. The van der Waals surface area contributed by atoms with Crippen LogP contribution in [0.3, 0.4) is 0 Å². The number of benzene rings is 1. The Morgan fingerprint density at radius 2 is 2.15 bits per heavy atom. The van der Waals surface area contributed by atoms with Crippen LogP contribution in [0.4, 0.5) is 4.39 Å².